The van der Waals surface area contributed by atoms with Crippen LogP contribution in [0.15, 0.2) is 96.5 Å². The Morgan fingerprint density at radius 3 is 2.11 bits per heavy atom. The van der Waals surface area contributed by atoms with Crippen LogP contribution in [0, 0.1) is 11.3 Å². The van der Waals surface area contributed by atoms with Crippen LogP contribution in [0.25, 0.3) is 11.2 Å². The number of rotatable bonds is 12. The van der Waals surface area contributed by atoms with E-state index in [2.05, 4.69) is 21.0 Å². The number of benzene rings is 3. The zero-order chi connectivity index (χ0) is 32.1. The minimum atomic E-state index is -1.29. The van der Waals surface area contributed by atoms with Gasteiger partial charge in [-0.05, 0) is 41.0 Å². The van der Waals surface area contributed by atoms with E-state index < -0.39 is 30.1 Å². The fourth-order valence-electron chi connectivity index (χ4n) is 5.69. The van der Waals surface area contributed by atoms with Gasteiger partial charge in [0.05, 0.1) is 33.2 Å². The Bertz CT molecular complexity index is 1750. The summed E-state index contributed by atoms with van der Waals surface area (Å²) < 4.78 is 25.7. The van der Waals surface area contributed by atoms with Crippen LogP contribution in [0.4, 0.5) is 0 Å². The number of ether oxygens (including phenoxy) is 4. The SMILES string of the molecule is COc1ccc(C(OC[C@H]2O[C@@H](n3cnc4c(SCCC#N)ncnc43)[C@H](O)[C@@H]2O)(c2ccccc2)c2ccc(OC)cc2)cc1. The van der Waals surface area contributed by atoms with E-state index in [0.29, 0.717) is 39.9 Å². The quantitative estimate of drug-likeness (QED) is 0.0863. The van der Waals surface area contributed by atoms with Gasteiger partial charge in [-0.1, -0.05) is 54.6 Å². The van der Waals surface area contributed by atoms with E-state index >= 15 is 0 Å². The van der Waals surface area contributed by atoms with E-state index in [1.54, 1.807) is 18.8 Å². The van der Waals surface area contributed by atoms with Crippen LogP contribution < -0.4 is 9.47 Å². The number of nitriles is 1. The summed E-state index contributed by atoms with van der Waals surface area (Å²) in [5, 5.41) is 32.0. The normalized spacial score (nSPS) is 19.6. The van der Waals surface area contributed by atoms with E-state index in [0.717, 1.165) is 16.7 Å². The molecule has 11 nitrogen and oxygen atoms in total. The molecule has 12 heteroatoms. The molecule has 0 saturated carbocycles. The van der Waals surface area contributed by atoms with Gasteiger partial charge in [-0.2, -0.15) is 5.26 Å². The molecule has 1 fully saturated rings. The van der Waals surface area contributed by atoms with Crippen LogP contribution in [0.1, 0.15) is 29.3 Å². The van der Waals surface area contributed by atoms with Crippen molar-refractivity contribution in [1.82, 2.24) is 19.5 Å². The van der Waals surface area contributed by atoms with E-state index in [1.165, 1.54) is 24.4 Å². The van der Waals surface area contributed by atoms with Crippen LogP contribution >= 0.6 is 11.8 Å². The first-order chi connectivity index (χ1) is 22.5. The molecule has 0 bridgehead atoms. The number of imidazole rings is 1. The lowest BCUT2D eigenvalue weighted by molar-refractivity contribution is -0.0942. The van der Waals surface area contributed by atoms with Crippen molar-refractivity contribution in [2.75, 3.05) is 26.6 Å². The molecule has 46 heavy (non-hydrogen) atoms. The Morgan fingerprint density at radius 2 is 1.50 bits per heavy atom. The predicted molar refractivity (Wildman–Crippen MR) is 170 cm³/mol. The van der Waals surface area contributed by atoms with Crippen LogP contribution in [-0.4, -0.2) is 74.6 Å². The molecule has 0 amide bonds. The highest BCUT2D eigenvalue weighted by Crippen LogP contribution is 2.43. The maximum Gasteiger partial charge on any atom is 0.166 e. The van der Waals surface area contributed by atoms with Crippen molar-refractivity contribution in [2.45, 2.75) is 41.6 Å². The summed E-state index contributed by atoms with van der Waals surface area (Å²) in [6.45, 7) is -0.0709. The molecule has 2 aromatic heterocycles. The van der Waals surface area contributed by atoms with Crippen molar-refractivity contribution in [3.8, 4) is 17.6 Å². The second kappa shape index (κ2) is 13.9. The largest absolute Gasteiger partial charge is 0.497 e. The zero-order valence-corrected chi connectivity index (χ0v) is 26.1. The number of aliphatic hydroxyl groups excluding tert-OH is 2. The first-order valence-corrected chi connectivity index (χ1v) is 15.7. The van der Waals surface area contributed by atoms with Crippen molar-refractivity contribution in [3.63, 3.8) is 0 Å². The van der Waals surface area contributed by atoms with Gasteiger partial charge in [0, 0.05) is 12.2 Å². The molecule has 1 aliphatic rings. The molecule has 4 atom stereocenters. The number of hydrogen-bond acceptors (Lipinski definition) is 11. The first-order valence-electron chi connectivity index (χ1n) is 14.7. The van der Waals surface area contributed by atoms with Gasteiger partial charge in [0.2, 0.25) is 0 Å². The predicted octanol–water partition coefficient (Wildman–Crippen LogP) is 4.48. The molecule has 5 aromatic rings. The van der Waals surface area contributed by atoms with Crippen LogP contribution in [0.5, 0.6) is 11.5 Å². The lowest BCUT2D eigenvalue weighted by atomic mass is 9.80. The molecule has 6 rings (SSSR count). The zero-order valence-electron chi connectivity index (χ0n) is 25.3. The Morgan fingerprint density at radius 1 is 0.870 bits per heavy atom. The van der Waals surface area contributed by atoms with Crippen LogP contribution in [0.3, 0.4) is 0 Å². The third kappa shape index (κ3) is 5.91. The number of nitrogens with zero attached hydrogens (tertiary/aromatic N) is 5. The molecule has 1 saturated heterocycles. The van der Waals surface area contributed by atoms with E-state index in [1.807, 2.05) is 78.9 Å². The van der Waals surface area contributed by atoms with Gasteiger partial charge in [0.15, 0.2) is 11.9 Å². The molecule has 3 aromatic carbocycles. The van der Waals surface area contributed by atoms with Gasteiger partial charge < -0.3 is 29.2 Å². The van der Waals surface area contributed by atoms with Gasteiger partial charge in [-0.25, -0.2) is 15.0 Å². The smallest absolute Gasteiger partial charge is 0.166 e. The first kappa shape index (κ1) is 31.5. The Labute approximate surface area is 270 Å². The maximum atomic E-state index is 11.3. The summed E-state index contributed by atoms with van der Waals surface area (Å²) in [7, 11) is 3.23. The van der Waals surface area contributed by atoms with Gasteiger partial charge >= 0.3 is 0 Å². The lowest BCUT2D eigenvalue weighted by Crippen LogP contribution is -2.39. The van der Waals surface area contributed by atoms with Crippen LogP contribution in [-0.2, 0) is 15.1 Å². The van der Waals surface area contributed by atoms with Crippen molar-refractivity contribution in [1.29, 1.82) is 5.26 Å². The fraction of sp³-hybridized carbons (Fsp3) is 0.294. The van der Waals surface area contributed by atoms with E-state index in [4.69, 9.17) is 24.2 Å². The minimum absolute atomic E-state index is 0.0709. The number of fused-ring (bicyclic) bond motifs is 1. The Kier molecular flexibility index (Phi) is 9.48. The third-order valence-corrected chi connectivity index (χ3v) is 9.01. The summed E-state index contributed by atoms with van der Waals surface area (Å²) in [5.41, 5.74) is 2.35. The highest BCUT2D eigenvalue weighted by Gasteiger charge is 2.47. The third-order valence-electron chi connectivity index (χ3n) is 8.03. The van der Waals surface area contributed by atoms with Gasteiger partial charge in [0.1, 0.15) is 52.3 Å². The fourth-order valence-corrected chi connectivity index (χ4v) is 6.48. The minimum Gasteiger partial charge on any atom is -0.497 e. The highest BCUT2D eigenvalue weighted by atomic mass is 32.2. The molecule has 1 aliphatic heterocycles. The maximum absolute atomic E-state index is 11.3. The summed E-state index contributed by atoms with van der Waals surface area (Å²) in [6.07, 6.45) is -1.15. The topological polar surface area (TPSA) is 145 Å². The number of thioether (sulfide) groups is 1. The molecular weight excluding hydrogens is 606 g/mol. The number of aliphatic hydroxyl groups is 2. The number of hydrogen-bond donors (Lipinski definition) is 2. The highest BCUT2D eigenvalue weighted by molar-refractivity contribution is 7.99. The second-order valence-corrected chi connectivity index (χ2v) is 11.7. The van der Waals surface area contributed by atoms with Gasteiger partial charge in [-0.15, -0.1) is 11.8 Å². The molecular formula is C34H33N5O6S. The molecule has 3 heterocycles. The Balaban J connectivity index is 1.34. The molecule has 0 unspecified atom stereocenters. The molecule has 0 spiro atoms. The Hall–Kier alpha value is -4.51. The van der Waals surface area contributed by atoms with E-state index in [9.17, 15) is 10.2 Å². The molecule has 236 valence electrons. The number of methoxy groups -OCH3 is 2. The number of aromatic nitrogens is 4. The molecule has 0 radical (unpaired) electrons. The monoisotopic (exact) mass is 639 g/mol. The van der Waals surface area contributed by atoms with Gasteiger partial charge in [-0.3, -0.25) is 4.57 Å². The van der Waals surface area contributed by atoms with Crippen molar-refractivity contribution in [3.05, 3.63) is 108 Å². The molecule has 0 aliphatic carbocycles. The van der Waals surface area contributed by atoms with Crippen molar-refractivity contribution in [2.24, 2.45) is 0 Å². The van der Waals surface area contributed by atoms with Crippen LogP contribution in [0.2, 0.25) is 0 Å². The average molecular weight is 640 g/mol. The van der Waals surface area contributed by atoms with Crippen molar-refractivity contribution >= 4 is 22.9 Å². The summed E-state index contributed by atoms with van der Waals surface area (Å²) in [5.74, 6) is 1.95. The molecule has 2 N–H and O–H groups in total. The second-order valence-electron chi connectivity index (χ2n) is 10.6. The standard InChI is InChI=1S/C34H33N5O6S/c1-42-25-13-9-23(10-14-25)34(22-7-4-3-5-8-22,24-11-15-26(43-2)16-12-24)44-19-27-29(40)30(41)33(45-27)39-21-38-28-31(39)36-20-37-32(28)46-18-6-17-35/h3-5,7-16,20-21,27,29-30,33,40-41H,6,18-19H2,1-2H3/t27-,29-,30-,33-/m1/s1. The summed E-state index contributed by atoms with van der Waals surface area (Å²) >= 11 is 1.40. The summed E-state index contributed by atoms with van der Waals surface area (Å²) in [6, 6.07) is 27.2. The summed E-state index contributed by atoms with van der Waals surface area (Å²) in [4.78, 5) is 13.2. The van der Waals surface area contributed by atoms with E-state index in [-0.39, 0.29) is 6.61 Å². The van der Waals surface area contributed by atoms with Gasteiger partial charge in [0.25, 0.3) is 0 Å². The van der Waals surface area contributed by atoms with Crippen molar-refractivity contribution < 1.29 is 29.2 Å². The average Bonchev–Trinajstić information content (AvgIpc) is 3.66. The lowest BCUT2D eigenvalue weighted by Gasteiger charge is -2.37.